The van der Waals surface area contributed by atoms with Crippen LogP contribution in [0.15, 0.2) is 54.6 Å². The lowest BCUT2D eigenvalue weighted by Crippen LogP contribution is -2.54. The number of likely N-dealkylation sites (tertiary alicyclic amines) is 1. The number of benzene rings is 2. The van der Waals surface area contributed by atoms with Crippen LogP contribution < -0.4 is 0 Å². The van der Waals surface area contributed by atoms with Crippen LogP contribution in [-0.4, -0.2) is 35.5 Å². The van der Waals surface area contributed by atoms with Crippen LogP contribution >= 0.6 is 0 Å². The molecule has 1 amide bonds. The van der Waals surface area contributed by atoms with Crippen LogP contribution in [0.25, 0.3) is 0 Å². The molecule has 1 fully saturated rings. The van der Waals surface area contributed by atoms with Crippen LogP contribution in [0.4, 0.5) is 0 Å². The Morgan fingerprint density at radius 2 is 1.74 bits per heavy atom. The van der Waals surface area contributed by atoms with Gasteiger partial charge in [-0.15, -0.1) is 0 Å². The zero-order valence-corrected chi connectivity index (χ0v) is 15.7. The standard InChI is InChI=1S/C23H25NO3/c1-23(16-19-9-5-6-10-20(19)21(25)27-23)22(26)24-13-11-18(12-14-24)15-17-7-3-2-4-8-17/h2-10,18H,11-16H2,1H3. The topological polar surface area (TPSA) is 46.6 Å². The fourth-order valence-corrected chi connectivity index (χ4v) is 4.27. The number of rotatable bonds is 3. The minimum absolute atomic E-state index is 0.0662. The summed E-state index contributed by atoms with van der Waals surface area (Å²) in [5.74, 6) is 0.133. The Morgan fingerprint density at radius 1 is 1.07 bits per heavy atom. The number of amides is 1. The maximum Gasteiger partial charge on any atom is 0.339 e. The summed E-state index contributed by atoms with van der Waals surface area (Å²) in [7, 11) is 0. The Morgan fingerprint density at radius 3 is 2.48 bits per heavy atom. The lowest BCUT2D eigenvalue weighted by Gasteiger charge is -2.40. The van der Waals surface area contributed by atoms with E-state index in [0.29, 0.717) is 17.9 Å². The van der Waals surface area contributed by atoms with Crippen molar-refractivity contribution >= 4 is 11.9 Å². The quantitative estimate of drug-likeness (QED) is 0.782. The molecule has 0 radical (unpaired) electrons. The van der Waals surface area contributed by atoms with Crippen molar-refractivity contribution in [1.82, 2.24) is 4.90 Å². The monoisotopic (exact) mass is 363 g/mol. The van der Waals surface area contributed by atoms with Crippen LogP contribution in [0, 0.1) is 5.92 Å². The van der Waals surface area contributed by atoms with Crippen molar-refractivity contribution in [2.24, 2.45) is 5.92 Å². The second-order valence-electron chi connectivity index (χ2n) is 7.88. The highest BCUT2D eigenvalue weighted by molar-refractivity contribution is 5.97. The van der Waals surface area contributed by atoms with Crippen molar-refractivity contribution in [2.45, 2.75) is 38.2 Å². The number of esters is 1. The van der Waals surface area contributed by atoms with Gasteiger partial charge in [0.2, 0.25) is 0 Å². The third-order valence-electron chi connectivity index (χ3n) is 5.80. The molecule has 4 nitrogen and oxygen atoms in total. The van der Waals surface area contributed by atoms with Gasteiger partial charge in [-0.1, -0.05) is 48.5 Å². The number of hydrogen-bond donors (Lipinski definition) is 0. The predicted octanol–water partition coefficient (Wildman–Crippen LogP) is 3.64. The average Bonchev–Trinajstić information content (AvgIpc) is 2.69. The van der Waals surface area contributed by atoms with Crippen molar-refractivity contribution in [3.63, 3.8) is 0 Å². The summed E-state index contributed by atoms with van der Waals surface area (Å²) in [6.07, 6.45) is 3.47. The first-order valence-electron chi connectivity index (χ1n) is 9.70. The summed E-state index contributed by atoms with van der Waals surface area (Å²) in [6.45, 7) is 3.20. The third-order valence-corrected chi connectivity index (χ3v) is 5.80. The molecular formula is C23H25NO3. The van der Waals surface area contributed by atoms with Gasteiger partial charge in [0.15, 0.2) is 5.60 Å². The van der Waals surface area contributed by atoms with Gasteiger partial charge in [-0.3, -0.25) is 4.79 Å². The predicted molar refractivity (Wildman–Crippen MR) is 103 cm³/mol. The first-order chi connectivity index (χ1) is 13.0. The van der Waals surface area contributed by atoms with Gasteiger partial charge in [0.1, 0.15) is 0 Å². The van der Waals surface area contributed by atoms with E-state index in [2.05, 4.69) is 24.3 Å². The van der Waals surface area contributed by atoms with Crippen LogP contribution in [-0.2, 0) is 22.4 Å². The number of hydrogen-bond acceptors (Lipinski definition) is 3. The molecule has 1 saturated heterocycles. The summed E-state index contributed by atoms with van der Waals surface area (Å²) in [5.41, 5.74) is 1.72. The average molecular weight is 363 g/mol. The molecule has 4 heteroatoms. The number of ether oxygens (including phenoxy) is 1. The van der Waals surface area contributed by atoms with Crippen LogP contribution in [0.1, 0.15) is 41.3 Å². The lowest BCUT2D eigenvalue weighted by molar-refractivity contribution is -0.152. The molecule has 1 atom stereocenters. The lowest BCUT2D eigenvalue weighted by atomic mass is 9.86. The van der Waals surface area contributed by atoms with E-state index in [1.807, 2.05) is 29.2 Å². The molecule has 0 aromatic heterocycles. The normalized spacial score (nSPS) is 22.9. The fourth-order valence-electron chi connectivity index (χ4n) is 4.27. The number of carbonyl (C=O) groups is 2. The Kier molecular flexibility index (Phi) is 4.73. The molecule has 2 heterocycles. The maximum atomic E-state index is 13.1. The highest BCUT2D eigenvalue weighted by Gasteiger charge is 2.45. The first-order valence-corrected chi connectivity index (χ1v) is 9.70. The number of cyclic esters (lactones) is 1. The Balaban J connectivity index is 1.40. The molecule has 2 aromatic carbocycles. The van der Waals surface area contributed by atoms with Gasteiger partial charge in [-0.2, -0.15) is 0 Å². The minimum atomic E-state index is -1.10. The van der Waals surface area contributed by atoms with Gasteiger partial charge in [0, 0.05) is 19.5 Å². The number of nitrogens with zero attached hydrogens (tertiary/aromatic N) is 1. The molecule has 2 aromatic rings. The van der Waals surface area contributed by atoms with Crippen molar-refractivity contribution < 1.29 is 14.3 Å². The van der Waals surface area contributed by atoms with Crippen molar-refractivity contribution in [3.8, 4) is 0 Å². The van der Waals surface area contributed by atoms with Gasteiger partial charge < -0.3 is 9.64 Å². The smallest absolute Gasteiger partial charge is 0.339 e. The largest absolute Gasteiger partial charge is 0.445 e. The van der Waals surface area contributed by atoms with E-state index in [9.17, 15) is 9.59 Å². The second kappa shape index (κ2) is 7.18. The van der Waals surface area contributed by atoms with Gasteiger partial charge in [0.25, 0.3) is 5.91 Å². The maximum absolute atomic E-state index is 13.1. The number of piperidine rings is 1. The van der Waals surface area contributed by atoms with Crippen LogP contribution in [0.5, 0.6) is 0 Å². The molecule has 4 rings (SSSR count). The molecule has 0 saturated carbocycles. The summed E-state index contributed by atoms with van der Waals surface area (Å²) in [5, 5.41) is 0. The van der Waals surface area contributed by atoms with E-state index in [1.54, 1.807) is 13.0 Å². The van der Waals surface area contributed by atoms with Crippen molar-refractivity contribution in [1.29, 1.82) is 0 Å². The van der Waals surface area contributed by atoms with E-state index in [-0.39, 0.29) is 5.91 Å². The molecular weight excluding hydrogens is 338 g/mol. The van der Waals surface area contributed by atoms with Crippen LogP contribution in [0.2, 0.25) is 0 Å². The SMILES string of the molecule is CC1(C(=O)N2CCC(Cc3ccccc3)CC2)Cc2ccccc2C(=O)O1. The summed E-state index contributed by atoms with van der Waals surface area (Å²) >= 11 is 0. The first kappa shape index (κ1) is 17.8. The molecule has 0 bridgehead atoms. The Hall–Kier alpha value is -2.62. The van der Waals surface area contributed by atoms with Crippen molar-refractivity contribution in [2.75, 3.05) is 13.1 Å². The van der Waals surface area contributed by atoms with Crippen molar-refractivity contribution in [3.05, 3.63) is 71.3 Å². The summed E-state index contributed by atoms with van der Waals surface area (Å²) in [4.78, 5) is 27.4. The van der Waals surface area contributed by atoms with Gasteiger partial charge in [-0.25, -0.2) is 4.79 Å². The molecule has 2 aliphatic rings. The molecule has 140 valence electrons. The van der Waals surface area contributed by atoms with Crippen LogP contribution in [0.3, 0.4) is 0 Å². The highest BCUT2D eigenvalue weighted by Crippen LogP contribution is 2.31. The second-order valence-corrected chi connectivity index (χ2v) is 7.88. The third kappa shape index (κ3) is 3.61. The zero-order valence-electron chi connectivity index (χ0n) is 15.7. The van der Waals surface area contributed by atoms with E-state index in [0.717, 1.165) is 37.9 Å². The van der Waals surface area contributed by atoms with E-state index >= 15 is 0 Å². The summed E-state index contributed by atoms with van der Waals surface area (Å²) in [6, 6.07) is 17.9. The number of fused-ring (bicyclic) bond motifs is 1. The Labute approximate surface area is 160 Å². The van der Waals surface area contributed by atoms with Gasteiger partial charge in [0.05, 0.1) is 5.56 Å². The molecule has 0 spiro atoms. The molecule has 1 unspecified atom stereocenters. The van der Waals surface area contributed by atoms with E-state index in [4.69, 9.17) is 4.74 Å². The highest BCUT2D eigenvalue weighted by atomic mass is 16.6. The van der Waals surface area contributed by atoms with Gasteiger partial charge >= 0.3 is 5.97 Å². The number of carbonyl (C=O) groups excluding carboxylic acids is 2. The molecule has 27 heavy (non-hydrogen) atoms. The van der Waals surface area contributed by atoms with E-state index in [1.165, 1.54) is 5.56 Å². The minimum Gasteiger partial charge on any atom is -0.445 e. The summed E-state index contributed by atoms with van der Waals surface area (Å²) < 4.78 is 5.61. The van der Waals surface area contributed by atoms with Gasteiger partial charge in [-0.05, 0) is 49.3 Å². The van der Waals surface area contributed by atoms with E-state index < -0.39 is 11.6 Å². The fraction of sp³-hybridized carbons (Fsp3) is 0.391. The molecule has 0 aliphatic carbocycles. The molecule has 0 N–H and O–H groups in total. The molecule has 2 aliphatic heterocycles. The zero-order chi connectivity index (χ0) is 18.9. The Bertz CT molecular complexity index is 840.